The summed E-state index contributed by atoms with van der Waals surface area (Å²) in [6.07, 6.45) is -0.558. The van der Waals surface area contributed by atoms with Gasteiger partial charge >= 0.3 is 6.09 Å². The van der Waals surface area contributed by atoms with Crippen LogP contribution in [-0.2, 0) is 16.0 Å². The molecule has 0 saturated heterocycles. The fraction of sp³-hybridized carbons (Fsp3) is 0.692. The average molecular weight is 531 g/mol. The van der Waals surface area contributed by atoms with Crippen molar-refractivity contribution < 1.29 is 34.0 Å². The molecular weight excluding hydrogens is 488 g/mol. The monoisotopic (exact) mass is 530 g/mol. The molecule has 0 unspecified atom stereocenters. The molecule has 0 radical (unpaired) electrons. The van der Waals surface area contributed by atoms with Gasteiger partial charge < -0.3 is 35.1 Å². The lowest BCUT2D eigenvalue weighted by atomic mass is 9.83. The Labute approximate surface area is 219 Å². The van der Waals surface area contributed by atoms with E-state index in [0.29, 0.717) is 37.6 Å². The Balaban J connectivity index is 2.97. The summed E-state index contributed by atoms with van der Waals surface area (Å²) in [5, 5.41) is 25.3. The summed E-state index contributed by atoms with van der Waals surface area (Å²) in [6, 6.07) is 4.98. The van der Waals surface area contributed by atoms with E-state index in [9.17, 15) is 19.8 Å². The molecule has 0 spiro atoms. The Hall–Kier alpha value is -2.23. The van der Waals surface area contributed by atoms with Gasteiger partial charge in [0.1, 0.15) is 0 Å². The minimum atomic E-state index is -1.23. The molecule has 4 N–H and O–H groups in total. The zero-order chi connectivity index (χ0) is 27.3. The number of aliphatic hydroxyl groups is 1. The summed E-state index contributed by atoms with van der Waals surface area (Å²) >= 11 is 5.85. The predicted molar refractivity (Wildman–Crippen MR) is 140 cm³/mol. The predicted octanol–water partition coefficient (Wildman–Crippen LogP) is 3.69. The van der Waals surface area contributed by atoms with E-state index in [1.165, 1.54) is 0 Å². The van der Waals surface area contributed by atoms with Crippen molar-refractivity contribution in [3.63, 3.8) is 0 Å². The van der Waals surface area contributed by atoms with Gasteiger partial charge in [-0.05, 0) is 56.2 Å². The second-order valence-electron chi connectivity index (χ2n) is 9.97. The number of hydrogen-bond acceptors (Lipinski definition) is 6. The number of aliphatic hydroxyl groups excluding tert-OH is 1. The van der Waals surface area contributed by atoms with E-state index in [1.54, 1.807) is 28.1 Å². The molecule has 10 heteroatoms. The summed E-state index contributed by atoms with van der Waals surface area (Å²) < 4.78 is 16.4. The zero-order valence-corrected chi connectivity index (χ0v) is 23.1. The molecule has 2 amide bonds. The molecular formula is C26H43ClN2O7. The molecule has 206 valence electrons. The van der Waals surface area contributed by atoms with Crippen LogP contribution in [0.5, 0.6) is 11.5 Å². The molecule has 3 atom stereocenters. The second-order valence-corrected chi connectivity index (χ2v) is 10.2. The van der Waals surface area contributed by atoms with Crippen LogP contribution in [0.4, 0.5) is 4.79 Å². The summed E-state index contributed by atoms with van der Waals surface area (Å²) in [7, 11) is 3.23. The molecule has 0 bridgehead atoms. The van der Waals surface area contributed by atoms with Crippen molar-refractivity contribution >= 4 is 23.6 Å². The molecule has 0 aliphatic rings. The van der Waals surface area contributed by atoms with Crippen molar-refractivity contribution in [1.29, 1.82) is 0 Å². The Morgan fingerprint density at radius 2 is 1.83 bits per heavy atom. The normalized spacial score (nSPS) is 14.1. The molecule has 0 aliphatic carbocycles. The Bertz CT molecular complexity index is 819. The summed E-state index contributed by atoms with van der Waals surface area (Å²) in [6.45, 7) is 8.53. The van der Waals surface area contributed by atoms with Gasteiger partial charge in [-0.2, -0.15) is 0 Å². The standard InChI is InChI=1S/C26H43ClN2O7/c1-17(2)19(12-18-8-9-22(35-6)23(13-18)36-11-7-10-34-5)14-20(29-25(32)33)21(30)15-28-24(31)26(3,4)16-27/h8-9,13,17,19-21,29-30H,7,10-12,14-16H2,1-6H3,(H,28,31)(H,32,33)/t19-,20-,21-/m0/s1. The van der Waals surface area contributed by atoms with Crippen LogP contribution in [0.2, 0.25) is 0 Å². The molecule has 1 rings (SSSR count). The smallest absolute Gasteiger partial charge is 0.404 e. The minimum Gasteiger partial charge on any atom is -0.493 e. The first-order valence-corrected chi connectivity index (χ1v) is 12.8. The second kappa shape index (κ2) is 15.8. The maximum absolute atomic E-state index is 12.3. The first kappa shape index (κ1) is 31.8. The maximum Gasteiger partial charge on any atom is 0.404 e. The van der Waals surface area contributed by atoms with Gasteiger partial charge in [0, 0.05) is 32.6 Å². The van der Waals surface area contributed by atoms with Gasteiger partial charge in [0.2, 0.25) is 5.91 Å². The zero-order valence-electron chi connectivity index (χ0n) is 22.3. The third-order valence-corrected chi connectivity index (χ3v) is 6.84. The van der Waals surface area contributed by atoms with E-state index in [-0.39, 0.29) is 30.2 Å². The molecule has 1 aromatic rings. The molecule has 0 aromatic heterocycles. The first-order chi connectivity index (χ1) is 16.9. The van der Waals surface area contributed by atoms with Crippen molar-refractivity contribution in [2.45, 2.75) is 59.1 Å². The van der Waals surface area contributed by atoms with Gasteiger partial charge in [0.25, 0.3) is 0 Å². The van der Waals surface area contributed by atoms with E-state index < -0.39 is 23.7 Å². The highest BCUT2D eigenvalue weighted by atomic mass is 35.5. The third kappa shape index (κ3) is 10.8. The number of carboxylic acid groups (broad SMARTS) is 1. The van der Waals surface area contributed by atoms with Crippen LogP contribution in [0.3, 0.4) is 0 Å². The van der Waals surface area contributed by atoms with E-state index in [2.05, 4.69) is 24.5 Å². The van der Waals surface area contributed by atoms with Gasteiger partial charge in [0.15, 0.2) is 11.5 Å². The fourth-order valence-corrected chi connectivity index (χ4v) is 3.80. The van der Waals surface area contributed by atoms with E-state index in [4.69, 9.17) is 25.8 Å². The topological polar surface area (TPSA) is 126 Å². The molecule has 1 aromatic carbocycles. The lowest BCUT2D eigenvalue weighted by Gasteiger charge is -2.30. The molecule has 0 saturated carbocycles. The number of nitrogens with one attached hydrogen (secondary N) is 2. The number of methoxy groups -OCH3 is 2. The lowest BCUT2D eigenvalue weighted by Crippen LogP contribution is -2.51. The number of amides is 2. The van der Waals surface area contributed by atoms with Crippen molar-refractivity contribution in [2.75, 3.05) is 39.9 Å². The highest BCUT2D eigenvalue weighted by molar-refractivity contribution is 6.19. The largest absolute Gasteiger partial charge is 0.493 e. The summed E-state index contributed by atoms with van der Waals surface area (Å²) in [5.41, 5.74) is 0.215. The number of alkyl halides is 1. The number of hydrogen-bond donors (Lipinski definition) is 4. The van der Waals surface area contributed by atoms with E-state index >= 15 is 0 Å². The van der Waals surface area contributed by atoms with Crippen LogP contribution in [-0.4, -0.2) is 74.2 Å². The molecule has 0 heterocycles. The van der Waals surface area contributed by atoms with Crippen molar-refractivity contribution in [1.82, 2.24) is 10.6 Å². The van der Waals surface area contributed by atoms with Gasteiger partial charge in [0.05, 0.1) is 31.3 Å². The van der Waals surface area contributed by atoms with Crippen molar-refractivity contribution in [2.24, 2.45) is 17.3 Å². The van der Waals surface area contributed by atoms with Gasteiger partial charge in [-0.25, -0.2) is 4.79 Å². The van der Waals surface area contributed by atoms with Gasteiger partial charge in [-0.3, -0.25) is 4.79 Å². The Morgan fingerprint density at radius 1 is 1.14 bits per heavy atom. The molecule has 9 nitrogen and oxygen atoms in total. The van der Waals surface area contributed by atoms with Crippen LogP contribution in [0, 0.1) is 17.3 Å². The number of benzene rings is 1. The lowest BCUT2D eigenvalue weighted by molar-refractivity contribution is -0.128. The number of carbonyl (C=O) groups is 2. The summed E-state index contributed by atoms with van der Waals surface area (Å²) in [5.74, 6) is 1.34. The number of carbonyl (C=O) groups excluding carboxylic acids is 1. The van der Waals surface area contributed by atoms with E-state index in [1.807, 2.05) is 18.2 Å². The fourth-order valence-electron chi connectivity index (χ4n) is 3.68. The molecule has 36 heavy (non-hydrogen) atoms. The maximum atomic E-state index is 12.3. The van der Waals surface area contributed by atoms with Gasteiger partial charge in [-0.15, -0.1) is 11.6 Å². The average Bonchev–Trinajstić information content (AvgIpc) is 2.83. The van der Waals surface area contributed by atoms with Crippen LogP contribution >= 0.6 is 11.6 Å². The van der Waals surface area contributed by atoms with Crippen molar-refractivity contribution in [3.05, 3.63) is 23.8 Å². The highest BCUT2D eigenvalue weighted by Gasteiger charge is 2.30. The summed E-state index contributed by atoms with van der Waals surface area (Å²) in [4.78, 5) is 23.8. The SMILES string of the molecule is COCCCOc1cc(C[C@@H](C[C@H](NC(=O)O)[C@@H](O)CNC(=O)C(C)(C)CCl)C(C)C)ccc1OC. The minimum absolute atomic E-state index is 0.0428. The Kier molecular flexibility index (Phi) is 13.9. The van der Waals surface area contributed by atoms with Crippen LogP contribution < -0.4 is 20.1 Å². The van der Waals surface area contributed by atoms with Crippen LogP contribution in [0.1, 0.15) is 46.1 Å². The number of halogens is 1. The van der Waals surface area contributed by atoms with Gasteiger partial charge in [-0.1, -0.05) is 19.9 Å². The number of ether oxygens (including phenoxy) is 3. The number of rotatable bonds is 17. The Morgan fingerprint density at radius 3 is 2.39 bits per heavy atom. The molecule has 0 aliphatic heterocycles. The van der Waals surface area contributed by atoms with Crippen LogP contribution in [0.15, 0.2) is 18.2 Å². The first-order valence-electron chi connectivity index (χ1n) is 12.3. The molecule has 0 fully saturated rings. The third-order valence-electron chi connectivity index (χ3n) is 6.17. The highest BCUT2D eigenvalue weighted by Crippen LogP contribution is 2.31. The quantitative estimate of drug-likeness (QED) is 0.179. The van der Waals surface area contributed by atoms with Crippen LogP contribution in [0.25, 0.3) is 0 Å². The van der Waals surface area contributed by atoms with E-state index in [0.717, 1.165) is 12.0 Å². The van der Waals surface area contributed by atoms with Crippen molar-refractivity contribution in [3.8, 4) is 11.5 Å².